The molecule has 12 nitrogen and oxygen atoms in total. The Morgan fingerprint density at radius 2 is 1.70 bits per heavy atom. The molecule has 0 unspecified atom stereocenters. The predicted octanol–water partition coefficient (Wildman–Crippen LogP) is 2.36. The minimum absolute atomic E-state index is 0.0843. The number of hydrazine groups is 1. The lowest BCUT2D eigenvalue weighted by Gasteiger charge is -2.23. The summed E-state index contributed by atoms with van der Waals surface area (Å²) >= 11 is 1.11. The molecule has 0 bridgehead atoms. The first-order chi connectivity index (χ1) is 19.0. The third-order valence-electron chi connectivity index (χ3n) is 5.72. The van der Waals surface area contributed by atoms with Crippen molar-refractivity contribution < 1.29 is 32.3 Å². The minimum Gasteiger partial charge on any atom is -0.496 e. The van der Waals surface area contributed by atoms with Gasteiger partial charge in [-0.05, 0) is 37.5 Å². The van der Waals surface area contributed by atoms with Gasteiger partial charge in [-0.1, -0.05) is 30.3 Å². The number of aromatic nitrogens is 1. The fourth-order valence-corrected chi connectivity index (χ4v) is 5.22. The number of hydrogen-bond acceptors (Lipinski definition) is 9. The molecule has 3 amide bonds. The van der Waals surface area contributed by atoms with Crippen molar-refractivity contribution in [2.45, 2.75) is 33.2 Å². The number of amides is 3. The van der Waals surface area contributed by atoms with E-state index in [1.165, 1.54) is 19.6 Å². The zero-order valence-corrected chi connectivity index (χ0v) is 24.1. The quantitative estimate of drug-likeness (QED) is 0.257. The van der Waals surface area contributed by atoms with Crippen LogP contribution in [0.5, 0.6) is 11.5 Å². The van der Waals surface area contributed by atoms with Gasteiger partial charge in [-0.15, -0.1) is 16.2 Å². The summed E-state index contributed by atoms with van der Waals surface area (Å²) in [6.07, 6.45) is 1.41. The number of carbonyl (C=O) groups excluding carboxylic acids is 3. The van der Waals surface area contributed by atoms with E-state index in [9.17, 15) is 22.8 Å². The molecular formula is C26H31N5O7S2. The maximum Gasteiger partial charge on any atom is 0.318 e. The molecule has 0 aliphatic carbocycles. The van der Waals surface area contributed by atoms with E-state index < -0.39 is 22.0 Å². The van der Waals surface area contributed by atoms with Gasteiger partial charge in [-0.2, -0.15) is 8.42 Å². The third-order valence-corrected chi connectivity index (χ3v) is 7.38. The number of carbonyl (C=O) groups is 3. The van der Waals surface area contributed by atoms with E-state index in [1.807, 2.05) is 42.7 Å². The van der Waals surface area contributed by atoms with Crippen LogP contribution >= 0.6 is 11.3 Å². The topological polar surface area (TPSA) is 156 Å². The molecule has 3 rings (SSSR count). The fourth-order valence-electron chi connectivity index (χ4n) is 3.75. The number of ether oxygens (including phenoxy) is 2. The van der Waals surface area contributed by atoms with E-state index in [4.69, 9.17) is 9.47 Å². The number of aryl methyl sites for hydroxylation is 1. The van der Waals surface area contributed by atoms with Crippen molar-refractivity contribution in [1.29, 1.82) is 0 Å². The number of nitrogens with zero attached hydrogens (tertiary/aromatic N) is 2. The van der Waals surface area contributed by atoms with Gasteiger partial charge in [0, 0.05) is 30.0 Å². The first-order valence-electron chi connectivity index (χ1n) is 12.1. The number of methoxy groups -OCH3 is 2. The highest BCUT2D eigenvalue weighted by molar-refractivity contribution is 7.88. The Bertz CT molecular complexity index is 1430. The van der Waals surface area contributed by atoms with Crippen LogP contribution in [0.15, 0.2) is 47.8 Å². The second kappa shape index (κ2) is 13.9. The van der Waals surface area contributed by atoms with Gasteiger partial charge in [-0.25, -0.2) is 9.71 Å². The molecule has 3 aromatic rings. The summed E-state index contributed by atoms with van der Waals surface area (Å²) in [5, 5.41) is 1.82. The SMILES string of the molecule is COc1cc(C(=O)N(CCCc2ccccc2)Cc2nc(C(=O)NS(=O)(=O)NNC(C)=O)cs2)cc(OC)c1C. The molecule has 3 N–H and O–H groups in total. The first kappa shape index (κ1) is 30.5. The fraction of sp³-hybridized carbons (Fsp3) is 0.308. The number of nitrogens with one attached hydrogen (secondary N) is 3. The van der Waals surface area contributed by atoms with Gasteiger partial charge in [0.05, 0.1) is 20.8 Å². The summed E-state index contributed by atoms with van der Waals surface area (Å²) in [6, 6.07) is 13.2. The predicted molar refractivity (Wildman–Crippen MR) is 149 cm³/mol. The van der Waals surface area contributed by atoms with Gasteiger partial charge in [0.1, 0.15) is 22.2 Å². The van der Waals surface area contributed by atoms with Crippen molar-refractivity contribution in [3.63, 3.8) is 0 Å². The number of rotatable bonds is 13. The summed E-state index contributed by atoms with van der Waals surface area (Å²) in [5.41, 5.74) is 3.99. The Kier molecular flexibility index (Phi) is 10.6. The minimum atomic E-state index is -4.35. The van der Waals surface area contributed by atoms with Crippen LogP contribution in [0.2, 0.25) is 0 Å². The largest absolute Gasteiger partial charge is 0.496 e. The van der Waals surface area contributed by atoms with Crippen molar-refractivity contribution in [3.8, 4) is 11.5 Å². The zero-order chi connectivity index (χ0) is 29.3. The molecule has 1 heterocycles. The van der Waals surface area contributed by atoms with Gasteiger partial charge < -0.3 is 14.4 Å². The van der Waals surface area contributed by atoms with E-state index in [0.717, 1.165) is 35.8 Å². The molecule has 0 spiro atoms. The molecule has 0 aliphatic heterocycles. The second-order valence-electron chi connectivity index (χ2n) is 8.67. The first-order valence-corrected chi connectivity index (χ1v) is 14.5. The van der Waals surface area contributed by atoms with Gasteiger partial charge in [0.15, 0.2) is 0 Å². The Morgan fingerprint density at radius 3 is 2.30 bits per heavy atom. The Labute approximate surface area is 236 Å². The lowest BCUT2D eigenvalue weighted by Crippen LogP contribution is -2.48. The Hall–Kier alpha value is -4.01. The number of thiazole rings is 1. The molecule has 2 aromatic carbocycles. The smallest absolute Gasteiger partial charge is 0.318 e. The van der Waals surface area contributed by atoms with Gasteiger partial charge in [0.2, 0.25) is 5.91 Å². The monoisotopic (exact) mass is 589 g/mol. The molecular weight excluding hydrogens is 558 g/mol. The van der Waals surface area contributed by atoms with E-state index in [1.54, 1.807) is 26.6 Å². The van der Waals surface area contributed by atoms with Crippen LogP contribution in [0.4, 0.5) is 0 Å². The lowest BCUT2D eigenvalue weighted by atomic mass is 10.1. The summed E-state index contributed by atoms with van der Waals surface area (Å²) in [6.45, 7) is 3.41. The van der Waals surface area contributed by atoms with Crippen LogP contribution in [0, 0.1) is 6.92 Å². The van der Waals surface area contributed by atoms with Crippen LogP contribution in [0.3, 0.4) is 0 Å². The molecule has 0 saturated heterocycles. The molecule has 0 fully saturated rings. The van der Waals surface area contributed by atoms with Crippen molar-refractivity contribution in [1.82, 2.24) is 24.9 Å². The molecule has 14 heteroatoms. The van der Waals surface area contributed by atoms with Crippen molar-refractivity contribution in [3.05, 3.63) is 75.2 Å². The number of benzene rings is 2. The van der Waals surface area contributed by atoms with E-state index in [-0.39, 0.29) is 18.1 Å². The van der Waals surface area contributed by atoms with Crippen LogP contribution in [-0.2, 0) is 28.0 Å². The zero-order valence-electron chi connectivity index (χ0n) is 22.5. The molecule has 0 saturated carbocycles. The maximum atomic E-state index is 13.7. The summed E-state index contributed by atoms with van der Waals surface area (Å²) in [5.74, 6) is -0.915. The molecule has 0 atom stereocenters. The summed E-state index contributed by atoms with van der Waals surface area (Å²) in [7, 11) is -1.32. The lowest BCUT2D eigenvalue weighted by molar-refractivity contribution is -0.119. The Balaban J connectivity index is 1.80. The number of hydrogen-bond donors (Lipinski definition) is 3. The highest BCUT2D eigenvalue weighted by Crippen LogP contribution is 2.30. The highest BCUT2D eigenvalue weighted by atomic mass is 32.2. The normalized spacial score (nSPS) is 11.0. The highest BCUT2D eigenvalue weighted by Gasteiger charge is 2.23. The average Bonchev–Trinajstić information content (AvgIpc) is 3.40. The van der Waals surface area contributed by atoms with Crippen LogP contribution in [-0.4, -0.2) is 56.8 Å². The van der Waals surface area contributed by atoms with Gasteiger partial charge in [-0.3, -0.25) is 19.8 Å². The average molecular weight is 590 g/mol. The summed E-state index contributed by atoms with van der Waals surface area (Å²) < 4.78 is 36.5. The molecule has 0 aliphatic rings. The van der Waals surface area contributed by atoms with Gasteiger partial charge in [0.25, 0.3) is 11.8 Å². The molecule has 1 aromatic heterocycles. The van der Waals surface area contributed by atoms with Crippen molar-refractivity contribution in [2.75, 3.05) is 20.8 Å². The third kappa shape index (κ3) is 8.49. The standard InChI is InChI=1S/C26H31N5O7S2/c1-17-22(37-3)13-20(14-23(17)38-4)26(34)31(12-8-11-19-9-6-5-7-10-19)15-24-27-21(16-39-24)25(33)29-40(35,36)30-28-18(2)32/h5-7,9-10,13-14,16,30H,8,11-12,15H2,1-4H3,(H,28,32)(H,29,33). The van der Waals surface area contributed by atoms with E-state index in [2.05, 4.69) is 4.98 Å². The molecule has 214 valence electrons. The molecule has 40 heavy (non-hydrogen) atoms. The van der Waals surface area contributed by atoms with Crippen molar-refractivity contribution in [2.24, 2.45) is 0 Å². The Morgan fingerprint density at radius 1 is 1.05 bits per heavy atom. The van der Waals surface area contributed by atoms with Crippen molar-refractivity contribution >= 4 is 39.3 Å². The van der Waals surface area contributed by atoms with Crippen LogP contribution in [0.25, 0.3) is 0 Å². The van der Waals surface area contributed by atoms with Crippen LogP contribution in [0.1, 0.15) is 50.3 Å². The van der Waals surface area contributed by atoms with Gasteiger partial charge >= 0.3 is 10.2 Å². The summed E-state index contributed by atoms with van der Waals surface area (Å²) in [4.78, 5) is 44.7. The van der Waals surface area contributed by atoms with E-state index in [0.29, 0.717) is 35.0 Å². The van der Waals surface area contributed by atoms with Crippen LogP contribution < -0.4 is 24.5 Å². The van der Waals surface area contributed by atoms with E-state index >= 15 is 0 Å². The molecule has 0 radical (unpaired) electrons. The maximum absolute atomic E-state index is 13.7. The second-order valence-corrected chi connectivity index (χ2v) is 11.0.